The highest BCUT2D eigenvalue weighted by atomic mass is 35.5. The highest BCUT2D eigenvalue weighted by molar-refractivity contribution is 6.31. The lowest BCUT2D eigenvalue weighted by Gasteiger charge is -2.23. The van der Waals surface area contributed by atoms with Gasteiger partial charge in [0.2, 0.25) is 11.8 Å². The van der Waals surface area contributed by atoms with E-state index in [-0.39, 0.29) is 30.6 Å². The van der Waals surface area contributed by atoms with Crippen molar-refractivity contribution in [3.63, 3.8) is 0 Å². The molecule has 0 aliphatic carbocycles. The molecule has 11 heteroatoms. The molecule has 0 saturated carbocycles. The van der Waals surface area contributed by atoms with E-state index in [2.05, 4.69) is 15.3 Å². The summed E-state index contributed by atoms with van der Waals surface area (Å²) in [4.78, 5) is 62.4. The van der Waals surface area contributed by atoms with E-state index in [1.54, 1.807) is 36.4 Å². The van der Waals surface area contributed by atoms with Crippen LogP contribution in [-0.2, 0) is 9.59 Å². The van der Waals surface area contributed by atoms with E-state index in [0.29, 0.717) is 46.0 Å². The zero-order chi connectivity index (χ0) is 28.4. The number of fused-ring (bicyclic) bond motifs is 1. The SMILES string of the molecule is Cc1cc(C(=O)N[C@@H](CCC(=O)N2CCC[C@@H]2C(N)=O)c2nc3ccc(Cl)cc3[nH]2)ccc1C(=O)N1CCCC1. The summed E-state index contributed by atoms with van der Waals surface area (Å²) in [6, 6.07) is 9.10. The van der Waals surface area contributed by atoms with Crippen molar-refractivity contribution in [2.45, 2.75) is 57.5 Å². The summed E-state index contributed by atoms with van der Waals surface area (Å²) in [6.07, 6.45) is 3.63. The molecule has 5 rings (SSSR count). The molecule has 2 fully saturated rings. The Balaban J connectivity index is 1.35. The lowest BCUT2D eigenvalue weighted by molar-refractivity contribution is -0.137. The first-order chi connectivity index (χ1) is 19.2. The van der Waals surface area contributed by atoms with Crippen LogP contribution in [0.1, 0.15) is 76.7 Å². The molecule has 0 spiro atoms. The van der Waals surface area contributed by atoms with Gasteiger partial charge in [0.1, 0.15) is 11.9 Å². The molecule has 4 N–H and O–H groups in total. The number of halogens is 1. The van der Waals surface area contributed by atoms with Gasteiger partial charge in [-0.15, -0.1) is 0 Å². The van der Waals surface area contributed by atoms with Gasteiger partial charge in [-0.3, -0.25) is 19.2 Å². The molecule has 210 valence electrons. The maximum Gasteiger partial charge on any atom is 0.254 e. The number of hydrogen-bond acceptors (Lipinski definition) is 5. The minimum Gasteiger partial charge on any atom is -0.368 e. The number of aromatic nitrogens is 2. The number of nitrogens with zero attached hydrogens (tertiary/aromatic N) is 3. The van der Waals surface area contributed by atoms with Crippen LogP contribution in [0.2, 0.25) is 5.02 Å². The van der Waals surface area contributed by atoms with Gasteiger partial charge in [0.05, 0.1) is 17.1 Å². The Bertz CT molecular complexity index is 1460. The molecule has 3 aromatic rings. The van der Waals surface area contributed by atoms with Crippen molar-refractivity contribution < 1.29 is 19.2 Å². The maximum absolute atomic E-state index is 13.4. The largest absolute Gasteiger partial charge is 0.368 e. The molecule has 40 heavy (non-hydrogen) atoms. The second kappa shape index (κ2) is 11.7. The molecule has 2 aliphatic rings. The first-order valence-electron chi connectivity index (χ1n) is 13.7. The molecule has 2 saturated heterocycles. The fourth-order valence-corrected chi connectivity index (χ4v) is 5.77. The molecular formula is C29H33ClN6O4. The van der Waals surface area contributed by atoms with Crippen molar-refractivity contribution in [1.82, 2.24) is 25.1 Å². The highest BCUT2D eigenvalue weighted by Crippen LogP contribution is 2.25. The van der Waals surface area contributed by atoms with Gasteiger partial charge in [-0.1, -0.05) is 11.6 Å². The second-order valence-electron chi connectivity index (χ2n) is 10.5. The Morgan fingerprint density at radius 1 is 1.10 bits per heavy atom. The summed E-state index contributed by atoms with van der Waals surface area (Å²) in [6.45, 7) is 3.81. The number of hydrogen-bond donors (Lipinski definition) is 3. The topological polar surface area (TPSA) is 141 Å². The van der Waals surface area contributed by atoms with Crippen LogP contribution in [-0.4, -0.2) is 69.1 Å². The normalized spacial score (nSPS) is 17.8. The minimum atomic E-state index is -0.622. The van der Waals surface area contributed by atoms with Crippen molar-refractivity contribution in [1.29, 1.82) is 0 Å². The zero-order valence-corrected chi connectivity index (χ0v) is 23.2. The molecular weight excluding hydrogens is 532 g/mol. The number of benzene rings is 2. The molecule has 0 unspecified atom stereocenters. The number of H-pyrrole nitrogens is 1. The van der Waals surface area contributed by atoms with E-state index >= 15 is 0 Å². The number of carbonyl (C=O) groups is 4. The predicted octanol–water partition coefficient (Wildman–Crippen LogP) is 3.49. The van der Waals surface area contributed by atoms with Crippen LogP contribution in [0, 0.1) is 6.92 Å². The van der Waals surface area contributed by atoms with E-state index in [0.717, 1.165) is 37.9 Å². The number of aromatic amines is 1. The summed E-state index contributed by atoms with van der Waals surface area (Å²) < 4.78 is 0. The second-order valence-corrected chi connectivity index (χ2v) is 11.0. The summed E-state index contributed by atoms with van der Waals surface area (Å²) in [5.41, 5.74) is 8.60. The first kappa shape index (κ1) is 27.6. The Labute approximate surface area is 237 Å². The number of rotatable bonds is 8. The smallest absolute Gasteiger partial charge is 0.254 e. The lowest BCUT2D eigenvalue weighted by atomic mass is 10.0. The first-order valence-corrected chi connectivity index (χ1v) is 14.0. The number of nitrogens with one attached hydrogen (secondary N) is 2. The molecule has 1 aromatic heterocycles. The zero-order valence-electron chi connectivity index (χ0n) is 22.4. The third-order valence-electron chi connectivity index (χ3n) is 7.76. The fraction of sp³-hybridized carbons (Fsp3) is 0.414. The van der Waals surface area contributed by atoms with Gasteiger partial charge in [0.25, 0.3) is 11.8 Å². The van der Waals surface area contributed by atoms with E-state index < -0.39 is 18.0 Å². The lowest BCUT2D eigenvalue weighted by Crippen LogP contribution is -2.44. The van der Waals surface area contributed by atoms with Crippen LogP contribution in [0.15, 0.2) is 36.4 Å². The summed E-state index contributed by atoms with van der Waals surface area (Å²) in [5.74, 6) is -0.582. The number of aryl methyl sites for hydroxylation is 1. The van der Waals surface area contributed by atoms with Gasteiger partial charge in [0, 0.05) is 42.2 Å². The Hall–Kier alpha value is -3.92. The van der Waals surface area contributed by atoms with Gasteiger partial charge >= 0.3 is 0 Å². The number of carbonyl (C=O) groups excluding carboxylic acids is 4. The molecule has 2 aromatic carbocycles. The summed E-state index contributed by atoms with van der Waals surface area (Å²) >= 11 is 6.15. The Kier molecular flexibility index (Phi) is 8.07. The standard InChI is InChI=1S/C29H33ClN6O4/c1-17-15-18(6-8-20(17)29(40)35-12-2-3-13-35)28(39)34-22(27-32-21-9-7-19(30)16-23(21)33-27)10-11-25(37)36-14-4-5-24(36)26(31)38/h6-9,15-16,22,24H,2-5,10-14H2,1H3,(H2,31,38)(H,32,33)(H,34,39)/t22-,24+/m0/s1. The average Bonchev–Trinajstić information content (AvgIpc) is 3.70. The molecule has 0 radical (unpaired) electrons. The van der Waals surface area contributed by atoms with E-state index in [1.165, 1.54) is 4.90 Å². The van der Waals surface area contributed by atoms with Gasteiger partial charge in [-0.25, -0.2) is 4.98 Å². The average molecular weight is 565 g/mol. The van der Waals surface area contributed by atoms with Crippen LogP contribution in [0.5, 0.6) is 0 Å². The van der Waals surface area contributed by atoms with Crippen molar-refractivity contribution >= 4 is 46.3 Å². The van der Waals surface area contributed by atoms with Crippen LogP contribution in [0.4, 0.5) is 0 Å². The Morgan fingerprint density at radius 2 is 1.88 bits per heavy atom. The molecule has 2 atom stereocenters. The highest BCUT2D eigenvalue weighted by Gasteiger charge is 2.33. The van der Waals surface area contributed by atoms with Crippen LogP contribution in [0.25, 0.3) is 11.0 Å². The number of primary amides is 1. The van der Waals surface area contributed by atoms with Crippen LogP contribution < -0.4 is 11.1 Å². The quantitative estimate of drug-likeness (QED) is 0.384. The van der Waals surface area contributed by atoms with Crippen molar-refractivity contribution in [2.75, 3.05) is 19.6 Å². The van der Waals surface area contributed by atoms with Gasteiger partial charge in [0.15, 0.2) is 0 Å². The number of likely N-dealkylation sites (tertiary alicyclic amines) is 2. The van der Waals surface area contributed by atoms with Crippen molar-refractivity contribution in [2.24, 2.45) is 5.73 Å². The Morgan fingerprint density at radius 3 is 2.60 bits per heavy atom. The predicted molar refractivity (Wildman–Crippen MR) is 151 cm³/mol. The third kappa shape index (κ3) is 5.82. The van der Waals surface area contributed by atoms with E-state index in [4.69, 9.17) is 17.3 Å². The minimum absolute atomic E-state index is 0.0181. The maximum atomic E-state index is 13.4. The molecule has 10 nitrogen and oxygen atoms in total. The van der Waals surface area contributed by atoms with Gasteiger partial charge < -0.3 is 25.8 Å². The molecule has 2 aliphatic heterocycles. The molecule has 4 amide bonds. The van der Waals surface area contributed by atoms with Crippen molar-refractivity contribution in [3.05, 3.63) is 63.9 Å². The molecule has 3 heterocycles. The van der Waals surface area contributed by atoms with Crippen molar-refractivity contribution in [3.8, 4) is 0 Å². The number of amides is 4. The fourth-order valence-electron chi connectivity index (χ4n) is 5.59. The number of imidazole rings is 1. The summed E-state index contributed by atoms with van der Waals surface area (Å²) in [5, 5.41) is 3.56. The third-order valence-corrected chi connectivity index (χ3v) is 7.99. The molecule has 0 bridgehead atoms. The van der Waals surface area contributed by atoms with E-state index in [9.17, 15) is 19.2 Å². The summed E-state index contributed by atoms with van der Waals surface area (Å²) in [7, 11) is 0. The van der Waals surface area contributed by atoms with Gasteiger partial charge in [-0.2, -0.15) is 0 Å². The van der Waals surface area contributed by atoms with Crippen LogP contribution in [0.3, 0.4) is 0 Å². The van der Waals surface area contributed by atoms with Gasteiger partial charge in [-0.05, 0) is 81.0 Å². The number of nitrogens with two attached hydrogens (primary N) is 1. The van der Waals surface area contributed by atoms with E-state index in [1.807, 2.05) is 11.8 Å². The monoisotopic (exact) mass is 564 g/mol. The van der Waals surface area contributed by atoms with Crippen LogP contribution >= 0.6 is 11.6 Å².